The highest BCUT2D eigenvalue weighted by atomic mass is 16.7. The number of rotatable bonds is 9. The van der Waals surface area contributed by atoms with Crippen molar-refractivity contribution in [2.45, 2.75) is 46.1 Å². The minimum atomic E-state index is -0.907. The van der Waals surface area contributed by atoms with E-state index in [1.165, 1.54) is 16.7 Å². The Bertz CT molecular complexity index is 731. The first-order valence-electron chi connectivity index (χ1n) is 9.39. The van der Waals surface area contributed by atoms with Crippen LogP contribution in [0.15, 0.2) is 65.5 Å². The van der Waals surface area contributed by atoms with Crippen LogP contribution in [0.4, 0.5) is 0 Å². The summed E-state index contributed by atoms with van der Waals surface area (Å²) in [6.07, 6.45) is 7.47. The van der Waals surface area contributed by atoms with Gasteiger partial charge in [0.05, 0.1) is 0 Å². The van der Waals surface area contributed by atoms with Crippen LogP contribution in [-0.4, -0.2) is 25.3 Å². The second-order valence-corrected chi connectivity index (χ2v) is 7.37. The summed E-state index contributed by atoms with van der Waals surface area (Å²) >= 11 is 0. The molecule has 4 nitrogen and oxygen atoms in total. The van der Waals surface area contributed by atoms with Gasteiger partial charge in [-0.1, -0.05) is 50.3 Å². The van der Waals surface area contributed by atoms with Gasteiger partial charge in [0.2, 0.25) is 0 Å². The number of ether oxygens (including phenoxy) is 2. The van der Waals surface area contributed by atoms with E-state index in [1.807, 2.05) is 32.3 Å². The highest BCUT2D eigenvalue weighted by molar-refractivity contribution is 5.85. The summed E-state index contributed by atoms with van der Waals surface area (Å²) in [7, 11) is 1.57. The maximum absolute atomic E-state index is 12.5. The molecule has 0 amide bonds. The largest absolute Gasteiger partial charge is 0.367 e. The smallest absolute Gasteiger partial charge is 0.162 e. The first kappa shape index (κ1) is 21.1. The molecule has 0 radical (unpaired) electrons. The van der Waals surface area contributed by atoms with E-state index >= 15 is 0 Å². The number of carbonyl (C=O) groups is 1. The van der Waals surface area contributed by atoms with Crippen LogP contribution in [0, 0.1) is 5.92 Å². The van der Waals surface area contributed by atoms with Crippen LogP contribution < -0.4 is 5.32 Å². The van der Waals surface area contributed by atoms with Crippen molar-refractivity contribution in [3.05, 3.63) is 71.1 Å². The van der Waals surface area contributed by atoms with E-state index < -0.39 is 5.60 Å². The molecule has 0 spiro atoms. The summed E-state index contributed by atoms with van der Waals surface area (Å²) in [5.41, 5.74) is 3.80. The summed E-state index contributed by atoms with van der Waals surface area (Å²) in [6.45, 7) is 7.81. The molecule has 1 atom stereocenters. The molecule has 0 aromatic heterocycles. The van der Waals surface area contributed by atoms with Crippen molar-refractivity contribution in [3.8, 4) is 0 Å². The Kier molecular flexibility index (Phi) is 7.57. The topological polar surface area (TPSA) is 47.6 Å². The van der Waals surface area contributed by atoms with Crippen LogP contribution in [0.25, 0.3) is 0 Å². The van der Waals surface area contributed by atoms with Gasteiger partial charge in [0, 0.05) is 25.9 Å². The molecule has 4 heteroatoms. The van der Waals surface area contributed by atoms with Crippen LogP contribution in [0.5, 0.6) is 0 Å². The van der Waals surface area contributed by atoms with Crippen molar-refractivity contribution in [2.75, 3.05) is 13.9 Å². The first-order valence-corrected chi connectivity index (χ1v) is 9.39. The van der Waals surface area contributed by atoms with Gasteiger partial charge in [0.25, 0.3) is 0 Å². The quantitative estimate of drug-likeness (QED) is 0.649. The average Bonchev–Trinajstić information content (AvgIpc) is 2.80. The Labute approximate surface area is 162 Å². The van der Waals surface area contributed by atoms with Crippen LogP contribution in [-0.2, 0) is 20.7 Å². The van der Waals surface area contributed by atoms with Crippen molar-refractivity contribution in [1.29, 1.82) is 0 Å². The number of benzene rings is 1. The van der Waals surface area contributed by atoms with Gasteiger partial charge in [-0.15, -0.1) is 0 Å². The standard InChI is InChI=1S/C23H31NO3/c1-17(2)23(19(4)25,27-16-26-5)13-21-12-22(18(3)14-24-15-21)11-20-9-7-6-8-10-20/h6-10,12,14-15,17,24H,11,13,16H2,1-5H3. The zero-order chi connectivity index (χ0) is 19.9. The molecule has 1 unspecified atom stereocenters. The number of Topliss-reactive ketones (excluding diaryl/α,β-unsaturated/α-hetero) is 1. The highest BCUT2D eigenvalue weighted by Gasteiger charge is 2.40. The molecule has 1 N–H and O–H groups in total. The molecule has 0 bridgehead atoms. The zero-order valence-corrected chi connectivity index (χ0v) is 17.0. The fraction of sp³-hybridized carbons (Fsp3) is 0.435. The predicted molar refractivity (Wildman–Crippen MR) is 109 cm³/mol. The molecule has 0 saturated heterocycles. The number of hydrogen-bond donors (Lipinski definition) is 1. The summed E-state index contributed by atoms with van der Waals surface area (Å²) in [6, 6.07) is 10.4. The van der Waals surface area contributed by atoms with Crippen LogP contribution in [0.1, 0.15) is 39.7 Å². The maximum Gasteiger partial charge on any atom is 0.162 e. The Hall–Kier alpha value is -2.17. The molecular weight excluding hydrogens is 338 g/mol. The van der Waals surface area contributed by atoms with Gasteiger partial charge in [-0.3, -0.25) is 4.79 Å². The lowest BCUT2D eigenvalue weighted by atomic mass is 9.80. The molecule has 1 aliphatic rings. The molecule has 27 heavy (non-hydrogen) atoms. The van der Waals surface area contributed by atoms with Gasteiger partial charge < -0.3 is 14.8 Å². The van der Waals surface area contributed by atoms with Crippen molar-refractivity contribution in [1.82, 2.24) is 5.32 Å². The van der Waals surface area contributed by atoms with Gasteiger partial charge >= 0.3 is 0 Å². The van der Waals surface area contributed by atoms with Crippen molar-refractivity contribution in [2.24, 2.45) is 5.92 Å². The molecule has 1 aromatic rings. The fourth-order valence-electron chi connectivity index (χ4n) is 3.38. The first-order chi connectivity index (χ1) is 12.9. The molecule has 1 heterocycles. The minimum absolute atomic E-state index is 0.0161. The number of hydrogen-bond acceptors (Lipinski definition) is 4. The molecule has 2 rings (SSSR count). The summed E-state index contributed by atoms with van der Waals surface area (Å²) in [5.74, 6) is 0.0386. The van der Waals surface area contributed by atoms with Gasteiger partial charge in [-0.25, -0.2) is 0 Å². The van der Waals surface area contributed by atoms with E-state index in [9.17, 15) is 4.79 Å². The SMILES string of the molecule is COCOC(CC1=CNC=C(C)C(Cc2ccccc2)=C1)(C(C)=O)C(C)C. The lowest BCUT2D eigenvalue weighted by molar-refractivity contribution is -0.171. The molecule has 1 aliphatic heterocycles. The van der Waals surface area contributed by atoms with E-state index in [0.717, 1.165) is 12.0 Å². The molecule has 0 fully saturated rings. The van der Waals surface area contributed by atoms with E-state index in [-0.39, 0.29) is 18.5 Å². The van der Waals surface area contributed by atoms with E-state index in [0.29, 0.717) is 6.42 Å². The number of carbonyl (C=O) groups excluding carboxylic acids is 1. The Balaban J connectivity index is 2.31. The van der Waals surface area contributed by atoms with E-state index in [2.05, 4.69) is 42.6 Å². The zero-order valence-electron chi connectivity index (χ0n) is 17.0. The van der Waals surface area contributed by atoms with Crippen molar-refractivity contribution >= 4 is 5.78 Å². The third kappa shape index (κ3) is 5.41. The second kappa shape index (κ2) is 9.67. The fourth-order valence-corrected chi connectivity index (χ4v) is 3.38. The monoisotopic (exact) mass is 369 g/mol. The molecular formula is C23H31NO3. The average molecular weight is 370 g/mol. The molecule has 0 aliphatic carbocycles. The van der Waals surface area contributed by atoms with Crippen molar-refractivity contribution in [3.63, 3.8) is 0 Å². The molecule has 146 valence electrons. The summed E-state index contributed by atoms with van der Waals surface area (Å²) in [4.78, 5) is 12.5. The summed E-state index contributed by atoms with van der Waals surface area (Å²) in [5, 5.41) is 3.25. The molecule has 1 aromatic carbocycles. The highest BCUT2D eigenvalue weighted by Crippen LogP contribution is 2.33. The van der Waals surface area contributed by atoms with Gasteiger partial charge in [-0.2, -0.15) is 0 Å². The Morgan fingerprint density at radius 3 is 2.48 bits per heavy atom. The van der Waals surface area contributed by atoms with Gasteiger partial charge in [-0.05, 0) is 48.5 Å². The summed E-state index contributed by atoms with van der Waals surface area (Å²) < 4.78 is 11.0. The molecule has 0 saturated carbocycles. The number of allylic oxidation sites excluding steroid dienone is 3. The van der Waals surface area contributed by atoms with Gasteiger partial charge in [0.15, 0.2) is 5.78 Å². The predicted octanol–water partition coefficient (Wildman–Crippen LogP) is 4.54. The van der Waals surface area contributed by atoms with E-state index in [4.69, 9.17) is 9.47 Å². The van der Waals surface area contributed by atoms with Gasteiger partial charge in [0.1, 0.15) is 12.4 Å². The van der Waals surface area contributed by atoms with E-state index in [1.54, 1.807) is 14.0 Å². The van der Waals surface area contributed by atoms with Crippen LogP contribution in [0.2, 0.25) is 0 Å². The second-order valence-electron chi connectivity index (χ2n) is 7.37. The third-order valence-corrected chi connectivity index (χ3v) is 5.10. The maximum atomic E-state index is 12.5. The Morgan fingerprint density at radius 1 is 1.19 bits per heavy atom. The normalized spacial score (nSPS) is 16.6. The van der Waals surface area contributed by atoms with Crippen LogP contribution in [0.3, 0.4) is 0 Å². The minimum Gasteiger partial charge on any atom is -0.367 e. The van der Waals surface area contributed by atoms with Crippen LogP contribution >= 0.6 is 0 Å². The van der Waals surface area contributed by atoms with Crippen molar-refractivity contribution < 1.29 is 14.3 Å². The number of ketones is 1. The number of nitrogens with one attached hydrogen (secondary N) is 1. The Morgan fingerprint density at radius 2 is 1.89 bits per heavy atom. The lowest BCUT2D eigenvalue weighted by Gasteiger charge is -2.35. The third-order valence-electron chi connectivity index (χ3n) is 5.10. The lowest BCUT2D eigenvalue weighted by Crippen LogP contribution is -2.46. The number of methoxy groups -OCH3 is 1.